The molecule has 0 spiro atoms. The summed E-state index contributed by atoms with van der Waals surface area (Å²) in [5.74, 6) is -12.7. The number of aliphatic carboxylic acids is 2. The Hall–Kier alpha value is -7.82. The Balaban J connectivity index is 1.35. The number of rotatable bonds is 19. The van der Waals surface area contributed by atoms with Crippen molar-refractivity contribution in [2.24, 2.45) is 16.7 Å². The average Bonchev–Trinajstić information content (AvgIpc) is 3.28. The van der Waals surface area contributed by atoms with E-state index in [1.165, 1.54) is 64.1 Å². The normalized spacial score (nSPS) is 27.9. The Labute approximate surface area is 447 Å². The van der Waals surface area contributed by atoms with Gasteiger partial charge >= 0.3 is 41.8 Å². The highest BCUT2D eigenvalue weighted by molar-refractivity contribution is 5.97. The predicted octanol–water partition coefficient (Wildman–Crippen LogP) is 3.50. The minimum absolute atomic E-state index is 0.00532. The molecule has 3 aromatic carbocycles. The number of amides is 2. The van der Waals surface area contributed by atoms with Crippen LogP contribution in [0.2, 0.25) is 0 Å². The molecule has 3 fully saturated rings. The molecular weight excluding hydrogens is 1020 g/mol. The van der Waals surface area contributed by atoms with Crippen LogP contribution < -0.4 is 10.6 Å². The van der Waals surface area contributed by atoms with Crippen LogP contribution in [0.1, 0.15) is 112 Å². The minimum Gasteiger partial charge on any atom is -0.481 e. The third kappa shape index (κ3) is 11.3. The van der Waals surface area contributed by atoms with E-state index in [1.807, 2.05) is 0 Å². The fourth-order valence-electron chi connectivity index (χ4n) is 11.5. The second-order valence-corrected chi connectivity index (χ2v) is 20.7. The standard InChI is InChI=1S/C56H62N2O20/c1-29-36(75-52(71)45(76-41(65)24-16-23-39(62)57-35(50(68)69)25-40(63)64)43(32-17-10-7-11-18-32)58-49(67)33-19-12-8-13-20-33)27-56(72)48(77-51(70)34-21-14-9-15-22-34)46-54(6,37(61)26-38-55(46,28-73-38)78-31(3)60)47(66)44(74-30(2)59)42(29)53(56,4)5/h7-15,17-22,35-38,43-46,48,61,72H,16,23-28H2,1-6H3,(H,57,62)(H,58,67)(H,63,64)(H,68,69)/t35?,36?,37-,38+,43?,44+,45?,46?,48?,54+,55-,56+/m0/s1. The molecule has 78 heavy (non-hydrogen) atoms. The molecule has 1 aliphatic heterocycles. The maximum Gasteiger partial charge on any atom is 0.350 e. The molecule has 7 rings (SSSR count). The van der Waals surface area contributed by atoms with Crippen molar-refractivity contribution in [3.05, 3.63) is 119 Å². The van der Waals surface area contributed by atoms with E-state index in [2.05, 4.69) is 10.6 Å². The highest BCUT2D eigenvalue weighted by Gasteiger charge is 2.78. The summed E-state index contributed by atoms with van der Waals surface area (Å²) in [6, 6.07) is 19.9. The lowest BCUT2D eigenvalue weighted by molar-refractivity contribution is -0.346. The maximum absolute atomic E-state index is 15.8. The van der Waals surface area contributed by atoms with Crippen molar-refractivity contribution in [1.82, 2.24) is 10.6 Å². The van der Waals surface area contributed by atoms with Gasteiger partial charge < -0.3 is 59.5 Å². The van der Waals surface area contributed by atoms with E-state index >= 15 is 9.59 Å². The van der Waals surface area contributed by atoms with Crippen molar-refractivity contribution in [3.8, 4) is 0 Å². The number of hydrogen-bond acceptors (Lipinski definition) is 18. The summed E-state index contributed by atoms with van der Waals surface area (Å²) < 4.78 is 36.6. The number of aliphatic hydroxyl groups excluding tert-OH is 1. The SMILES string of the molecule is CC(=O)O[C@H]1C(=O)[C@@]2(C)C(C(OC(=O)c3ccccc3)[C@]3(O)CC(OC(=O)C(OC(=O)CCCC(=O)NC(CC(=O)O)C(=O)O)C(NC(=O)c4ccccc4)c4ccccc4)C(C)=C1C3(C)C)[C@]1(OC(C)=O)CO[C@@H]1C[C@@H]2O. The Kier molecular flexibility index (Phi) is 17.1. The van der Waals surface area contributed by atoms with Gasteiger partial charge in [-0.1, -0.05) is 80.6 Å². The van der Waals surface area contributed by atoms with Gasteiger partial charge in [0.05, 0.1) is 36.0 Å². The Morgan fingerprint density at radius 2 is 1.38 bits per heavy atom. The molecule has 2 saturated carbocycles. The van der Waals surface area contributed by atoms with Crippen LogP contribution >= 0.6 is 0 Å². The molecule has 22 heteroatoms. The van der Waals surface area contributed by atoms with E-state index in [4.69, 9.17) is 33.5 Å². The summed E-state index contributed by atoms with van der Waals surface area (Å²) in [6.45, 7) is 7.53. The highest BCUT2D eigenvalue weighted by Crippen LogP contribution is 2.64. The number of carbonyl (C=O) groups is 10. The van der Waals surface area contributed by atoms with Crippen molar-refractivity contribution in [2.75, 3.05) is 6.61 Å². The Morgan fingerprint density at radius 1 is 0.782 bits per heavy atom. The minimum atomic E-state index is -2.55. The summed E-state index contributed by atoms with van der Waals surface area (Å²) in [4.78, 5) is 135. The molecule has 0 radical (unpaired) electrons. The second-order valence-electron chi connectivity index (χ2n) is 20.7. The summed E-state index contributed by atoms with van der Waals surface area (Å²) in [5.41, 5.74) is -8.13. The molecule has 1 saturated heterocycles. The number of ether oxygens (including phenoxy) is 6. The zero-order valence-corrected chi connectivity index (χ0v) is 43.6. The van der Waals surface area contributed by atoms with Gasteiger partial charge in [0.1, 0.15) is 36.0 Å². The number of aliphatic hydroxyl groups is 2. The van der Waals surface area contributed by atoms with Gasteiger partial charge in [-0.05, 0) is 61.2 Å². The van der Waals surface area contributed by atoms with E-state index in [9.17, 15) is 53.7 Å². The molecule has 3 aliphatic carbocycles. The van der Waals surface area contributed by atoms with Gasteiger partial charge in [-0.25, -0.2) is 14.4 Å². The van der Waals surface area contributed by atoms with Crippen LogP contribution in [-0.4, -0.2) is 140 Å². The first-order valence-corrected chi connectivity index (χ1v) is 25.2. The van der Waals surface area contributed by atoms with E-state index in [-0.39, 0.29) is 40.7 Å². The number of carbonyl (C=O) groups excluding carboxylic acids is 8. The Morgan fingerprint density at radius 3 is 1.94 bits per heavy atom. The van der Waals surface area contributed by atoms with Crippen LogP contribution in [0.3, 0.4) is 0 Å². The lowest BCUT2D eigenvalue weighted by Gasteiger charge is -2.67. The van der Waals surface area contributed by atoms with Gasteiger partial charge in [0.2, 0.25) is 12.0 Å². The smallest absolute Gasteiger partial charge is 0.350 e. The van der Waals surface area contributed by atoms with Gasteiger partial charge in [-0.3, -0.25) is 33.6 Å². The van der Waals surface area contributed by atoms with E-state index < -0.39 is 168 Å². The second kappa shape index (κ2) is 23.0. The number of ketones is 1. The molecule has 1 heterocycles. The summed E-state index contributed by atoms with van der Waals surface area (Å²) in [5, 5.41) is 49.5. The third-order valence-electron chi connectivity index (χ3n) is 15.5. The van der Waals surface area contributed by atoms with Crippen LogP contribution in [0.25, 0.3) is 0 Å². The molecular formula is C56H62N2O20. The maximum atomic E-state index is 15.8. The number of carboxylic acids is 2. The first-order valence-electron chi connectivity index (χ1n) is 25.2. The number of hydrogen-bond donors (Lipinski definition) is 6. The van der Waals surface area contributed by atoms with Crippen LogP contribution in [0.5, 0.6) is 0 Å². The van der Waals surface area contributed by atoms with E-state index in [0.717, 1.165) is 13.8 Å². The van der Waals surface area contributed by atoms with Gasteiger partial charge in [0.15, 0.2) is 17.5 Å². The lowest BCUT2D eigenvalue weighted by atomic mass is 9.44. The van der Waals surface area contributed by atoms with Gasteiger partial charge in [0.25, 0.3) is 5.91 Å². The number of nitrogens with one attached hydrogen (secondary N) is 2. The van der Waals surface area contributed by atoms with Crippen molar-refractivity contribution < 1.29 is 96.8 Å². The van der Waals surface area contributed by atoms with Crippen molar-refractivity contribution in [2.45, 2.75) is 140 Å². The summed E-state index contributed by atoms with van der Waals surface area (Å²) in [6.07, 6.45) is -13.8. The van der Waals surface area contributed by atoms with Gasteiger partial charge in [-0.15, -0.1) is 0 Å². The average molecular weight is 1080 g/mol. The largest absolute Gasteiger partial charge is 0.481 e. The molecule has 3 aromatic rings. The Bertz CT molecular complexity index is 2870. The first kappa shape index (κ1) is 57.9. The molecule has 4 aliphatic rings. The molecule has 2 amide bonds. The van der Waals surface area contributed by atoms with Crippen LogP contribution in [0.15, 0.2) is 102 Å². The molecule has 0 aromatic heterocycles. The number of esters is 5. The van der Waals surface area contributed by atoms with Crippen molar-refractivity contribution >= 4 is 59.4 Å². The number of Topliss-reactive ketones (excluding diaryl/α,β-unsaturated/α-hetero) is 1. The monoisotopic (exact) mass is 1080 g/mol. The number of fused-ring (bicyclic) bond motifs is 5. The van der Waals surface area contributed by atoms with Crippen molar-refractivity contribution in [3.63, 3.8) is 0 Å². The van der Waals surface area contributed by atoms with Crippen LogP contribution in [0, 0.1) is 16.7 Å². The van der Waals surface area contributed by atoms with Crippen molar-refractivity contribution in [1.29, 1.82) is 0 Å². The topological polar surface area (TPSA) is 331 Å². The molecule has 22 nitrogen and oxygen atoms in total. The number of benzene rings is 3. The van der Waals surface area contributed by atoms with Crippen LogP contribution in [-0.2, 0) is 66.8 Å². The molecule has 416 valence electrons. The summed E-state index contributed by atoms with van der Waals surface area (Å²) >= 11 is 0. The van der Waals surface area contributed by atoms with E-state index in [0.29, 0.717) is 0 Å². The lowest BCUT2D eigenvalue weighted by Crippen LogP contribution is -2.82. The molecule has 6 N–H and O–H groups in total. The molecule has 2 bridgehead atoms. The van der Waals surface area contributed by atoms with E-state index in [1.54, 1.807) is 54.6 Å². The zero-order chi connectivity index (χ0) is 57.1. The number of carboxylic acid groups (broad SMARTS) is 2. The quantitative estimate of drug-likeness (QED) is 0.0568. The first-order chi connectivity index (χ1) is 36.8. The fourth-order valence-corrected chi connectivity index (χ4v) is 11.5. The zero-order valence-electron chi connectivity index (χ0n) is 43.6. The highest BCUT2D eigenvalue weighted by atomic mass is 16.6. The van der Waals surface area contributed by atoms with Gasteiger partial charge in [0, 0.05) is 50.5 Å². The molecule has 12 atom stereocenters. The fraction of sp³-hybridized carbons (Fsp3) is 0.464. The summed E-state index contributed by atoms with van der Waals surface area (Å²) in [7, 11) is 0. The van der Waals surface area contributed by atoms with Crippen LogP contribution in [0.4, 0.5) is 0 Å². The van der Waals surface area contributed by atoms with Gasteiger partial charge in [-0.2, -0.15) is 0 Å². The third-order valence-corrected chi connectivity index (χ3v) is 15.5. The molecule has 6 unspecified atom stereocenters. The predicted molar refractivity (Wildman–Crippen MR) is 267 cm³/mol.